The zero-order valence-electron chi connectivity index (χ0n) is 21.6. The van der Waals surface area contributed by atoms with Gasteiger partial charge in [0, 0.05) is 57.0 Å². The van der Waals surface area contributed by atoms with Gasteiger partial charge in [-0.1, -0.05) is 23.2 Å². The van der Waals surface area contributed by atoms with E-state index in [0.717, 1.165) is 43.7 Å². The molecule has 39 heavy (non-hydrogen) atoms. The number of likely N-dealkylation sites (tertiary alicyclic amines) is 1. The van der Waals surface area contributed by atoms with E-state index in [0.29, 0.717) is 11.6 Å². The van der Waals surface area contributed by atoms with Crippen LogP contribution in [0.3, 0.4) is 0 Å². The molecular weight excluding hydrogens is 558 g/mol. The molecular formula is C27H33Cl2N2NaO7. The van der Waals surface area contributed by atoms with Crippen LogP contribution < -0.4 is 19.5 Å². The molecule has 1 atom stereocenters. The third kappa shape index (κ3) is 7.52. The quantitative estimate of drug-likeness (QED) is 0.381. The van der Waals surface area contributed by atoms with Gasteiger partial charge in [-0.2, -0.15) is 0 Å². The molecule has 1 spiro atoms. The van der Waals surface area contributed by atoms with E-state index in [1.807, 2.05) is 18.2 Å². The van der Waals surface area contributed by atoms with Crippen molar-refractivity contribution in [2.75, 3.05) is 33.3 Å². The van der Waals surface area contributed by atoms with Gasteiger partial charge in [0.15, 0.2) is 5.60 Å². The van der Waals surface area contributed by atoms with Crippen molar-refractivity contribution >= 4 is 64.6 Å². The van der Waals surface area contributed by atoms with Crippen LogP contribution in [0.15, 0.2) is 30.3 Å². The number of carbonyl (C=O) groups excluding carboxylic acids is 1. The Morgan fingerprint density at radius 3 is 2.51 bits per heavy atom. The van der Waals surface area contributed by atoms with E-state index in [2.05, 4.69) is 10.2 Å². The standard InChI is InChI=1S/C27H32Cl2N2O7.Na.H/c1-26(2,25(34)35)37-23-12-22(19(11-20(23)29)24(33)30-3)36-15-18(32)14-31-8-6-27(7-9-31)13-16-10-17(28)4-5-21(16)38-27;;/h4-5,10-12,18,32H,6-9,13-15H2,1-3H3,(H,30,33)(H,34,35);;/t18-;;/m1../s1. The molecule has 0 unspecified atom stereocenters. The molecule has 2 aliphatic rings. The van der Waals surface area contributed by atoms with E-state index in [-0.39, 0.29) is 63.9 Å². The first kappa shape index (κ1) is 31.8. The average molecular weight is 591 g/mol. The molecule has 2 aromatic carbocycles. The van der Waals surface area contributed by atoms with E-state index in [1.165, 1.54) is 33.0 Å². The summed E-state index contributed by atoms with van der Waals surface area (Å²) in [6.45, 7) is 4.57. The summed E-state index contributed by atoms with van der Waals surface area (Å²) in [5.74, 6) is -0.559. The number of aliphatic hydroxyl groups excluding tert-OH is 1. The second-order valence-corrected chi connectivity index (χ2v) is 11.1. The molecule has 0 aliphatic carbocycles. The number of β-amino-alcohol motifs (C(OH)–C–C–N with tert-alkyl or cyclic N) is 1. The van der Waals surface area contributed by atoms with Gasteiger partial charge in [0.25, 0.3) is 5.91 Å². The fourth-order valence-corrected chi connectivity index (χ4v) is 5.12. The summed E-state index contributed by atoms with van der Waals surface area (Å²) in [6, 6.07) is 8.44. The van der Waals surface area contributed by atoms with Gasteiger partial charge in [-0.15, -0.1) is 0 Å². The van der Waals surface area contributed by atoms with Crippen molar-refractivity contribution < 1.29 is 34.0 Å². The molecule has 4 rings (SSSR count). The van der Waals surface area contributed by atoms with Gasteiger partial charge >= 0.3 is 35.5 Å². The van der Waals surface area contributed by atoms with Crippen LogP contribution in [-0.2, 0) is 11.2 Å². The van der Waals surface area contributed by atoms with Crippen molar-refractivity contribution in [2.45, 2.75) is 50.4 Å². The number of aliphatic carboxylic acids is 1. The van der Waals surface area contributed by atoms with Crippen LogP contribution >= 0.6 is 23.2 Å². The van der Waals surface area contributed by atoms with E-state index >= 15 is 0 Å². The third-order valence-electron chi connectivity index (χ3n) is 6.92. The molecule has 3 N–H and O–H groups in total. The van der Waals surface area contributed by atoms with Gasteiger partial charge < -0.3 is 34.6 Å². The molecule has 0 aromatic heterocycles. The van der Waals surface area contributed by atoms with E-state index in [9.17, 15) is 19.8 Å². The van der Waals surface area contributed by atoms with Crippen molar-refractivity contribution in [3.63, 3.8) is 0 Å². The maximum atomic E-state index is 12.4. The number of rotatable bonds is 9. The second-order valence-electron chi connectivity index (χ2n) is 10.3. The number of nitrogens with one attached hydrogen (secondary N) is 1. The molecule has 2 aliphatic heterocycles. The molecule has 208 valence electrons. The summed E-state index contributed by atoms with van der Waals surface area (Å²) in [5, 5.41) is 23.4. The molecule has 1 fully saturated rings. The third-order valence-corrected chi connectivity index (χ3v) is 7.45. The van der Waals surface area contributed by atoms with Crippen LogP contribution in [0, 0.1) is 0 Å². The van der Waals surface area contributed by atoms with Crippen molar-refractivity contribution in [1.82, 2.24) is 10.2 Å². The molecule has 2 heterocycles. The maximum absolute atomic E-state index is 12.4. The number of carbonyl (C=O) groups is 2. The predicted octanol–water partition coefficient (Wildman–Crippen LogP) is 3.16. The number of amides is 1. The number of piperidine rings is 1. The van der Waals surface area contributed by atoms with E-state index < -0.39 is 23.6 Å². The summed E-state index contributed by atoms with van der Waals surface area (Å²) < 4.78 is 17.7. The van der Waals surface area contributed by atoms with Gasteiger partial charge in [-0.05, 0) is 43.7 Å². The summed E-state index contributed by atoms with van der Waals surface area (Å²) in [6.07, 6.45) is 1.64. The number of hydrogen-bond donors (Lipinski definition) is 3. The van der Waals surface area contributed by atoms with Crippen LogP contribution in [0.5, 0.6) is 17.2 Å². The Bertz CT molecular complexity index is 1220. The Hall–Kier alpha value is -1.72. The topological polar surface area (TPSA) is 118 Å². The van der Waals surface area contributed by atoms with Crippen molar-refractivity contribution in [1.29, 1.82) is 0 Å². The fraction of sp³-hybridized carbons (Fsp3) is 0.481. The number of aliphatic hydroxyl groups is 1. The average Bonchev–Trinajstić information content (AvgIpc) is 3.21. The van der Waals surface area contributed by atoms with Crippen LogP contribution in [0.4, 0.5) is 0 Å². The number of hydrogen-bond acceptors (Lipinski definition) is 7. The number of nitrogens with zero attached hydrogens (tertiary/aromatic N) is 1. The number of fused-ring (bicyclic) bond motifs is 1. The zero-order valence-corrected chi connectivity index (χ0v) is 23.1. The number of carboxylic acid groups (broad SMARTS) is 1. The Labute approximate surface area is 260 Å². The molecule has 9 nitrogen and oxygen atoms in total. The molecule has 1 amide bonds. The van der Waals surface area contributed by atoms with Crippen LogP contribution in [-0.4, -0.2) is 107 Å². The molecule has 12 heteroatoms. The first-order chi connectivity index (χ1) is 17.9. The molecule has 0 bridgehead atoms. The minimum atomic E-state index is -1.56. The van der Waals surface area contributed by atoms with Crippen LogP contribution in [0.2, 0.25) is 10.0 Å². The summed E-state index contributed by atoms with van der Waals surface area (Å²) >= 11 is 12.4. The molecule has 1 saturated heterocycles. The number of carboxylic acids is 1. The van der Waals surface area contributed by atoms with Gasteiger partial charge in [0.1, 0.15) is 35.6 Å². The number of ether oxygens (including phenoxy) is 3. The van der Waals surface area contributed by atoms with E-state index in [1.54, 1.807) is 0 Å². The Morgan fingerprint density at radius 2 is 1.87 bits per heavy atom. The molecule has 2 aromatic rings. The number of halogens is 2. The van der Waals surface area contributed by atoms with Crippen molar-refractivity contribution in [3.8, 4) is 17.2 Å². The number of benzene rings is 2. The van der Waals surface area contributed by atoms with Crippen LogP contribution in [0.1, 0.15) is 42.6 Å². The molecule has 0 radical (unpaired) electrons. The Morgan fingerprint density at radius 1 is 1.18 bits per heavy atom. The predicted molar refractivity (Wildman–Crippen MR) is 150 cm³/mol. The Balaban J connectivity index is 0.00000420. The minimum absolute atomic E-state index is 0. The summed E-state index contributed by atoms with van der Waals surface area (Å²) in [5.41, 5.74) is -0.527. The van der Waals surface area contributed by atoms with Crippen molar-refractivity contribution in [3.05, 3.63) is 51.5 Å². The van der Waals surface area contributed by atoms with Gasteiger partial charge in [0.2, 0.25) is 0 Å². The van der Waals surface area contributed by atoms with Crippen molar-refractivity contribution in [2.24, 2.45) is 0 Å². The van der Waals surface area contributed by atoms with E-state index in [4.69, 9.17) is 37.4 Å². The molecule has 0 saturated carbocycles. The fourth-order valence-electron chi connectivity index (χ4n) is 4.72. The monoisotopic (exact) mass is 590 g/mol. The van der Waals surface area contributed by atoms with Gasteiger partial charge in [-0.3, -0.25) is 4.79 Å². The normalized spacial score (nSPS) is 17.0. The van der Waals surface area contributed by atoms with Gasteiger partial charge in [0.05, 0.1) is 10.6 Å². The van der Waals surface area contributed by atoms with Gasteiger partial charge in [-0.25, -0.2) is 4.79 Å². The summed E-state index contributed by atoms with van der Waals surface area (Å²) in [4.78, 5) is 26.0. The zero-order chi connectivity index (χ0) is 27.7. The van der Waals surface area contributed by atoms with Crippen LogP contribution in [0.25, 0.3) is 0 Å². The first-order valence-corrected chi connectivity index (χ1v) is 13.2. The SMILES string of the molecule is CNC(=O)c1cc(Cl)c(OC(C)(C)C(=O)O)cc1OC[C@H](O)CN1CCC2(CC1)Cc1cc(Cl)ccc1O2.[NaH]. The second kappa shape index (κ2) is 12.9. The summed E-state index contributed by atoms with van der Waals surface area (Å²) in [7, 11) is 1.47. The first-order valence-electron chi connectivity index (χ1n) is 12.4. The Kier molecular flexibility index (Phi) is 10.5.